The van der Waals surface area contributed by atoms with Crippen LogP contribution in [0.1, 0.15) is 5.76 Å². The van der Waals surface area contributed by atoms with Gasteiger partial charge in [-0.2, -0.15) is 4.39 Å². The zero-order valence-corrected chi connectivity index (χ0v) is 12.3. The minimum atomic E-state index is -0.961. The maximum Gasteiger partial charge on any atom is 0.306 e. The van der Waals surface area contributed by atoms with E-state index in [0.717, 1.165) is 12.1 Å². The fraction of sp³-hybridized carbons (Fsp3) is 0. The summed E-state index contributed by atoms with van der Waals surface area (Å²) in [6.07, 6.45) is 4.12. The molecule has 0 unspecified atom stereocenters. The smallest absolute Gasteiger partial charge is 0.306 e. The second kappa shape index (κ2) is 7.27. The van der Waals surface area contributed by atoms with Gasteiger partial charge in [0.05, 0.1) is 11.2 Å². The number of carbonyl (C=O) groups excluding carboxylic acids is 1. The number of halogens is 1. The fourth-order valence-electron chi connectivity index (χ4n) is 1.59. The number of amides is 1. The molecule has 2 N–H and O–H groups in total. The van der Waals surface area contributed by atoms with Gasteiger partial charge in [0, 0.05) is 17.8 Å². The number of benzene rings is 1. The quantitative estimate of drug-likeness (QED) is 0.386. The monoisotopic (exact) mass is 335 g/mol. The van der Waals surface area contributed by atoms with Gasteiger partial charge in [-0.05, 0) is 42.6 Å². The van der Waals surface area contributed by atoms with Crippen LogP contribution in [0.2, 0.25) is 0 Å². The molecule has 0 radical (unpaired) electrons. The molecule has 118 valence electrons. The molecule has 1 amide bonds. The van der Waals surface area contributed by atoms with E-state index in [1.54, 1.807) is 12.1 Å². The summed E-state index contributed by atoms with van der Waals surface area (Å²) in [5.41, 5.74) is -0.514. The largest absolute Gasteiger partial charge is 0.465 e. The fourth-order valence-corrected chi connectivity index (χ4v) is 1.81. The lowest BCUT2D eigenvalue weighted by Gasteiger charge is -2.08. The first-order valence-electron chi connectivity index (χ1n) is 6.23. The van der Waals surface area contributed by atoms with Crippen LogP contribution in [0.5, 0.6) is 0 Å². The number of anilines is 1. The topological polar surface area (TPSA) is 97.4 Å². The highest BCUT2D eigenvalue weighted by Crippen LogP contribution is 2.21. The van der Waals surface area contributed by atoms with Crippen molar-refractivity contribution in [2.45, 2.75) is 0 Å². The van der Waals surface area contributed by atoms with E-state index in [1.165, 1.54) is 24.5 Å². The molecular formula is C14H10FN3O4S. The average Bonchev–Trinajstić information content (AvgIpc) is 3.00. The first kappa shape index (κ1) is 16.3. The van der Waals surface area contributed by atoms with Crippen molar-refractivity contribution in [3.05, 3.63) is 64.4 Å². The Morgan fingerprint density at radius 1 is 1.39 bits per heavy atom. The van der Waals surface area contributed by atoms with Crippen molar-refractivity contribution >= 4 is 40.7 Å². The van der Waals surface area contributed by atoms with Gasteiger partial charge in [0.25, 0.3) is 0 Å². The summed E-state index contributed by atoms with van der Waals surface area (Å²) < 4.78 is 18.2. The number of carbonyl (C=O) groups is 1. The third-order valence-corrected chi connectivity index (χ3v) is 2.78. The Morgan fingerprint density at radius 2 is 2.17 bits per heavy atom. The van der Waals surface area contributed by atoms with Crippen molar-refractivity contribution in [3.63, 3.8) is 0 Å². The molecule has 0 bridgehead atoms. The van der Waals surface area contributed by atoms with E-state index in [0.29, 0.717) is 5.76 Å². The molecule has 2 aromatic rings. The van der Waals surface area contributed by atoms with Crippen LogP contribution in [-0.4, -0.2) is 15.9 Å². The number of nitro benzene ring substituents is 1. The minimum Gasteiger partial charge on any atom is -0.465 e. The molecule has 2 rings (SSSR count). The van der Waals surface area contributed by atoms with Crippen LogP contribution < -0.4 is 10.6 Å². The molecule has 1 aromatic heterocycles. The normalized spacial score (nSPS) is 10.5. The zero-order valence-electron chi connectivity index (χ0n) is 11.5. The summed E-state index contributed by atoms with van der Waals surface area (Å²) in [6.45, 7) is 0. The molecular weight excluding hydrogens is 325 g/mol. The van der Waals surface area contributed by atoms with Crippen LogP contribution in [0.15, 0.2) is 47.1 Å². The number of nitro groups is 1. The number of rotatable bonds is 4. The Hall–Kier alpha value is -3.07. The Morgan fingerprint density at radius 3 is 2.83 bits per heavy atom. The second-order valence-corrected chi connectivity index (χ2v) is 4.62. The van der Waals surface area contributed by atoms with E-state index < -0.39 is 22.3 Å². The van der Waals surface area contributed by atoms with Gasteiger partial charge in [-0.1, -0.05) is 0 Å². The van der Waals surface area contributed by atoms with Crippen LogP contribution in [0.25, 0.3) is 6.08 Å². The van der Waals surface area contributed by atoms with Gasteiger partial charge >= 0.3 is 5.69 Å². The van der Waals surface area contributed by atoms with Crippen molar-refractivity contribution < 1.29 is 18.5 Å². The molecule has 0 aliphatic rings. The first-order chi connectivity index (χ1) is 11.0. The molecule has 23 heavy (non-hydrogen) atoms. The number of nitrogens with zero attached hydrogens (tertiary/aromatic N) is 1. The van der Waals surface area contributed by atoms with Crippen LogP contribution in [0.3, 0.4) is 0 Å². The van der Waals surface area contributed by atoms with Crippen LogP contribution in [0.4, 0.5) is 15.8 Å². The summed E-state index contributed by atoms with van der Waals surface area (Å²) >= 11 is 4.90. The first-order valence-corrected chi connectivity index (χ1v) is 6.64. The predicted molar refractivity (Wildman–Crippen MR) is 85.2 cm³/mol. The zero-order chi connectivity index (χ0) is 16.8. The van der Waals surface area contributed by atoms with Gasteiger partial charge < -0.3 is 9.73 Å². The SMILES string of the molecule is O=C(C=Cc1ccco1)NC(=S)Nc1ccc(F)c([N+](=O)[O-])c1. The van der Waals surface area contributed by atoms with Crippen molar-refractivity contribution in [1.29, 1.82) is 0 Å². The Labute approximate surface area is 134 Å². The molecule has 7 nitrogen and oxygen atoms in total. The number of furan rings is 1. The van der Waals surface area contributed by atoms with Crippen molar-refractivity contribution in [2.24, 2.45) is 0 Å². The van der Waals surface area contributed by atoms with Crippen molar-refractivity contribution in [3.8, 4) is 0 Å². The summed E-state index contributed by atoms with van der Waals surface area (Å²) in [4.78, 5) is 21.4. The van der Waals surface area contributed by atoms with Crippen LogP contribution in [0, 0.1) is 15.9 Å². The maximum absolute atomic E-state index is 13.2. The van der Waals surface area contributed by atoms with Gasteiger partial charge in [-0.25, -0.2) is 0 Å². The van der Waals surface area contributed by atoms with Crippen molar-refractivity contribution in [1.82, 2.24) is 5.32 Å². The lowest BCUT2D eigenvalue weighted by Crippen LogP contribution is -2.32. The molecule has 0 saturated heterocycles. The predicted octanol–water partition coefficient (Wildman–Crippen LogP) is 2.85. The number of thiocarbonyl (C=S) groups is 1. The Bertz CT molecular complexity index is 774. The summed E-state index contributed by atoms with van der Waals surface area (Å²) in [6, 6.07) is 6.51. The molecule has 0 saturated carbocycles. The molecule has 0 atom stereocenters. The van der Waals surface area contributed by atoms with E-state index in [1.807, 2.05) is 0 Å². The Balaban J connectivity index is 1.95. The molecule has 0 aliphatic heterocycles. The van der Waals surface area contributed by atoms with E-state index in [-0.39, 0.29) is 10.8 Å². The summed E-state index contributed by atoms with van der Waals surface area (Å²) in [7, 11) is 0. The van der Waals surface area contributed by atoms with Crippen molar-refractivity contribution in [2.75, 3.05) is 5.32 Å². The third kappa shape index (κ3) is 4.71. The highest BCUT2D eigenvalue weighted by Gasteiger charge is 2.14. The van der Waals surface area contributed by atoms with E-state index in [2.05, 4.69) is 10.6 Å². The molecule has 0 fully saturated rings. The minimum absolute atomic E-state index is 0.0833. The molecule has 1 heterocycles. The van der Waals surface area contributed by atoms with E-state index in [4.69, 9.17) is 16.6 Å². The standard InChI is InChI=1S/C14H10FN3O4S/c15-11-5-3-9(8-12(11)18(20)21)16-14(23)17-13(19)6-4-10-2-1-7-22-10/h1-8H,(H2,16,17,19,23). The lowest BCUT2D eigenvalue weighted by molar-refractivity contribution is -0.387. The average molecular weight is 335 g/mol. The van der Waals surface area contributed by atoms with Gasteiger partial charge in [-0.15, -0.1) is 0 Å². The number of hydrogen-bond acceptors (Lipinski definition) is 5. The molecule has 0 aliphatic carbocycles. The van der Waals surface area contributed by atoms with E-state index in [9.17, 15) is 19.3 Å². The van der Waals surface area contributed by atoms with Gasteiger partial charge in [0.15, 0.2) is 5.11 Å². The number of nitrogens with one attached hydrogen (secondary N) is 2. The summed E-state index contributed by atoms with van der Waals surface area (Å²) in [5.74, 6) is -0.986. The summed E-state index contributed by atoms with van der Waals surface area (Å²) in [5, 5.41) is 15.5. The number of hydrogen-bond donors (Lipinski definition) is 2. The molecule has 1 aromatic carbocycles. The third-order valence-electron chi connectivity index (χ3n) is 2.58. The lowest BCUT2D eigenvalue weighted by atomic mass is 10.2. The Kier molecular flexibility index (Phi) is 5.15. The van der Waals surface area contributed by atoms with Crippen LogP contribution in [-0.2, 0) is 4.79 Å². The highest BCUT2D eigenvalue weighted by molar-refractivity contribution is 7.80. The maximum atomic E-state index is 13.2. The van der Waals surface area contributed by atoms with Gasteiger partial charge in [0.1, 0.15) is 5.76 Å². The second-order valence-electron chi connectivity index (χ2n) is 4.22. The van der Waals surface area contributed by atoms with Crippen LogP contribution >= 0.6 is 12.2 Å². The van der Waals surface area contributed by atoms with Gasteiger partial charge in [0.2, 0.25) is 11.7 Å². The van der Waals surface area contributed by atoms with E-state index >= 15 is 0 Å². The molecule has 9 heteroatoms. The van der Waals surface area contributed by atoms with Gasteiger partial charge in [-0.3, -0.25) is 20.2 Å². The highest BCUT2D eigenvalue weighted by atomic mass is 32.1. The molecule has 0 spiro atoms.